The molecular weight excluding hydrogens is 428 g/mol. The van der Waals surface area contributed by atoms with Gasteiger partial charge in [-0.1, -0.05) is 41.0 Å². The van der Waals surface area contributed by atoms with E-state index in [9.17, 15) is 18.4 Å². The zero-order valence-electron chi connectivity index (χ0n) is 14.3. The summed E-state index contributed by atoms with van der Waals surface area (Å²) in [7, 11) is 2.47. The Bertz CT molecular complexity index is 1010. The Morgan fingerprint density at radius 3 is 1.90 bits per heavy atom. The van der Waals surface area contributed by atoms with E-state index in [1.54, 1.807) is 0 Å². The predicted molar refractivity (Wildman–Crippen MR) is 124 cm³/mol. The number of aromatic nitrogens is 1. The first-order valence-electron chi connectivity index (χ1n) is 7.34. The Morgan fingerprint density at radius 1 is 0.871 bits per heavy atom. The van der Waals surface area contributed by atoms with Crippen molar-refractivity contribution in [3.8, 4) is 0 Å². The highest BCUT2D eigenvalue weighted by atomic mass is 32.1. The number of carbonyl (C=O) groups excluding carboxylic acids is 2. The molecule has 0 unspecified atom stereocenters. The summed E-state index contributed by atoms with van der Waals surface area (Å²) in [6.45, 7) is 0. The van der Waals surface area contributed by atoms with Gasteiger partial charge in [0.15, 0.2) is 10.9 Å². The Hall–Kier alpha value is -3.27. The van der Waals surface area contributed by atoms with Crippen molar-refractivity contribution in [2.75, 3.05) is 25.7 Å². The zero-order valence-corrected chi connectivity index (χ0v) is 15.1. The summed E-state index contributed by atoms with van der Waals surface area (Å²) < 4.78 is 35.6. The van der Waals surface area contributed by atoms with Crippen molar-refractivity contribution in [3.63, 3.8) is 0 Å². The number of nitrogens with two attached hydrogens (primary N) is 2. The number of hydrogen-bond acceptors (Lipinski definition) is 8. The van der Waals surface area contributed by atoms with Crippen molar-refractivity contribution in [2.24, 2.45) is 0 Å². The molecule has 174 valence electrons. The van der Waals surface area contributed by atoms with E-state index >= 15 is 0 Å². The lowest BCUT2D eigenvalue weighted by Crippen LogP contribution is -2.02. The van der Waals surface area contributed by atoms with Gasteiger partial charge in [-0.15, -0.1) is 0 Å². The van der Waals surface area contributed by atoms with E-state index in [2.05, 4.69) is 14.5 Å². The fraction of sp³-hybridized carbons (Fsp3) is 0.286. The Balaban J connectivity index is -0.000000457. The Kier molecular flexibility index (Phi) is 14.5. The predicted octanol–water partition coefficient (Wildman–Crippen LogP) is 5.54. The van der Waals surface area contributed by atoms with Gasteiger partial charge >= 0.3 is 11.9 Å². The molecule has 0 aliphatic carbocycles. The number of esters is 2. The van der Waals surface area contributed by atoms with Crippen LogP contribution in [0.4, 0.5) is 19.6 Å². The minimum atomic E-state index is -0.613. The molecule has 0 amide bonds. The number of nitrogens with zero attached hydrogens (tertiary/aromatic N) is 1. The van der Waals surface area contributed by atoms with Gasteiger partial charge < -0.3 is 20.9 Å². The highest BCUT2D eigenvalue weighted by molar-refractivity contribution is 7.22. The number of anilines is 2. The number of nitrogen functional groups attached to an aromatic ring is 2. The summed E-state index contributed by atoms with van der Waals surface area (Å²) in [5.74, 6) is -2.34. The van der Waals surface area contributed by atoms with Crippen LogP contribution in [0.2, 0.25) is 0 Å². The highest BCUT2D eigenvalue weighted by Gasteiger charge is 2.13. The van der Waals surface area contributed by atoms with E-state index in [-0.39, 0.29) is 57.2 Å². The smallest absolute Gasteiger partial charge is 0.338 e. The molecule has 0 aliphatic rings. The molecule has 0 saturated carbocycles. The minimum absolute atomic E-state index is 0. The quantitative estimate of drug-likeness (QED) is 0.381. The molecule has 0 fully saturated rings. The fourth-order valence-corrected chi connectivity index (χ4v) is 2.80. The SMILES string of the molecule is C.C.C.C.COC(=O)c1cc(F)c2nc(N)sc2c1.COC(=O)c1ccc(N)c(F)c1. The number of thiazole rings is 1. The molecule has 0 spiro atoms. The molecule has 1 aromatic heterocycles. The van der Waals surface area contributed by atoms with Crippen molar-refractivity contribution in [2.45, 2.75) is 29.7 Å². The average molecular weight is 460 g/mol. The standard InChI is InChI=1S/C9H7FN2O2S.C8H8FNO2.4CH4/c1-14-8(13)4-2-5(10)7-6(3-4)15-9(11)12-7;1-12-8(11)5-2-3-7(10)6(9)4-5;;;;/h2-3H,1H3,(H2,11,12);2-4H,10H2,1H3;4*1H4. The molecule has 31 heavy (non-hydrogen) atoms. The van der Waals surface area contributed by atoms with Gasteiger partial charge in [0.1, 0.15) is 11.3 Å². The van der Waals surface area contributed by atoms with Crippen LogP contribution in [0.5, 0.6) is 0 Å². The summed E-state index contributed by atoms with van der Waals surface area (Å²) in [5.41, 5.74) is 11.2. The number of methoxy groups -OCH3 is 2. The number of fused-ring (bicyclic) bond motifs is 1. The first-order chi connectivity index (χ1) is 12.8. The van der Waals surface area contributed by atoms with Crippen LogP contribution in [-0.4, -0.2) is 31.1 Å². The molecule has 1 heterocycles. The summed E-state index contributed by atoms with van der Waals surface area (Å²) in [6, 6.07) is 6.37. The van der Waals surface area contributed by atoms with E-state index in [1.165, 1.54) is 32.4 Å². The number of halogens is 2. The van der Waals surface area contributed by atoms with Crippen LogP contribution in [0.1, 0.15) is 50.4 Å². The molecule has 0 saturated heterocycles. The van der Waals surface area contributed by atoms with E-state index in [4.69, 9.17) is 11.5 Å². The number of rotatable bonds is 2. The molecule has 0 atom stereocenters. The van der Waals surface area contributed by atoms with Crippen LogP contribution < -0.4 is 11.5 Å². The van der Waals surface area contributed by atoms with Crippen LogP contribution in [-0.2, 0) is 9.47 Å². The van der Waals surface area contributed by atoms with Gasteiger partial charge in [-0.05, 0) is 30.3 Å². The molecule has 3 aromatic rings. The first kappa shape index (κ1) is 32.4. The van der Waals surface area contributed by atoms with Crippen molar-refractivity contribution in [1.82, 2.24) is 4.98 Å². The minimum Gasteiger partial charge on any atom is -0.465 e. The molecule has 0 bridgehead atoms. The van der Waals surface area contributed by atoms with Crippen LogP contribution in [0.3, 0.4) is 0 Å². The van der Waals surface area contributed by atoms with E-state index in [1.807, 2.05) is 0 Å². The van der Waals surface area contributed by atoms with Gasteiger partial charge in [0.25, 0.3) is 0 Å². The van der Waals surface area contributed by atoms with E-state index in [0.717, 1.165) is 23.5 Å². The van der Waals surface area contributed by atoms with Gasteiger partial charge in [0.2, 0.25) is 0 Å². The normalized spacial score (nSPS) is 8.77. The lowest BCUT2D eigenvalue weighted by atomic mass is 10.2. The van der Waals surface area contributed by atoms with E-state index in [0.29, 0.717) is 4.70 Å². The maximum Gasteiger partial charge on any atom is 0.338 e. The number of benzene rings is 2. The third-order valence-corrected chi connectivity index (χ3v) is 4.14. The molecule has 7 nitrogen and oxygen atoms in total. The zero-order chi connectivity index (χ0) is 20.1. The second kappa shape index (κ2) is 13.9. The van der Waals surface area contributed by atoms with Gasteiger partial charge in [0.05, 0.1) is 35.7 Å². The second-order valence-electron chi connectivity index (χ2n) is 5.08. The first-order valence-corrected chi connectivity index (χ1v) is 8.15. The summed E-state index contributed by atoms with van der Waals surface area (Å²) >= 11 is 1.13. The third-order valence-electron chi connectivity index (χ3n) is 3.31. The van der Waals surface area contributed by atoms with Gasteiger partial charge in [-0.2, -0.15) is 0 Å². The molecule has 0 radical (unpaired) electrons. The molecular formula is C21H31F2N3O4S. The highest BCUT2D eigenvalue weighted by Crippen LogP contribution is 2.27. The fourth-order valence-electron chi connectivity index (χ4n) is 2.01. The Labute approximate surface area is 186 Å². The van der Waals surface area contributed by atoms with Gasteiger partial charge in [0, 0.05) is 0 Å². The molecule has 10 heteroatoms. The summed E-state index contributed by atoms with van der Waals surface area (Å²) in [6.07, 6.45) is 0. The lowest BCUT2D eigenvalue weighted by molar-refractivity contribution is 0.0591. The lowest BCUT2D eigenvalue weighted by Gasteiger charge is -2.00. The third kappa shape index (κ3) is 7.82. The molecule has 2 aromatic carbocycles. The van der Waals surface area contributed by atoms with Crippen LogP contribution in [0.25, 0.3) is 10.2 Å². The topological polar surface area (TPSA) is 118 Å². The largest absolute Gasteiger partial charge is 0.465 e. The maximum absolute atomic E-state index is 13.4. The van der Waals surface area contributed by atoms with Crippen molar-refractivity contribution < 1.29 is 27.8 Å². The van der Waals surface area contributed by atoms with Gasteiger partial charge in [-0.3, -0.25) is 0 Å². The summed E-state index contributed by atoms with van der Waals surface area (Å²) in [4.78, 5) is 25.8. The second-order valence-corrected chi connectivity index (χ2v) is 6.14. The number of ether oxygens (including phenoxy) is 2. The van der Waals surface area contributed by atoms with Crippen LogP contribution in [0.15, 0.2) is 30.3 Å². The van der Waals surface area contributed by atoms with Gasteiger partial charge in [-0.25, -0.2) is 23.4 Å². The number of hydrogen-bond donors (Lipinski definition) is 2. The number of carbonyl (C=O) groups is 2. The summed E-state index contributed by atoms with van der Waals surface area (Å²) in [5, 5.41) is 0.269. The maximum atomic E-state index is 13.4. The van der Waals surface area contributed by atoms with Crippen LogP contribution >= 0.6 is 11.3 Å². The Morgan fingerprint density at radius 2 is 1.39 bits per heavy atom. The molecule has 0 aliphatic heterocycles. The monoisotopic (exact) mass is 459 g/mol. The molecule has 4 N–H and O–H groups in total. The van der Waals surface area contributed by atoms with E-state index < -0.39 is 23.6 Å². The van der Waals surface area contributed by atoms with Crippen molar-refractivity contribution >= 4 is 44.3 Å². The van der Waals surface area contributed by atoms with Crippen molar-refractivity contribution in [1.29, 1.82) is 0 Å². The van der Waals surface area contributed by atoms with Crippen molar-refractivity contribution in [3.05, 3.63) is 53.1 Å². The van der Waals surface area contributed by atoms with Crippen LogP contribution in [0, 0.1) is 11.6 Å². The molecule has 3 rings (SSSR count). The average Bonchev–Trinajstić information content (AvgIpc) is 3.04.